The van der Waals surface area contributed by atoms with Crippen LogP contribution in [0.4, 0.5) is 0 Å². The SMILES string of the molecule is CCc1ccc(-c2noc(C3CCCCC3(C)N)n2)cc1.Cl. The number of nitrogens with two attached hydrogens (primary N) is 1. The molecule has 2 N–H and O–H groups in total. The van der Waals surface area contributed by atoms with Crippen LogP contribution in [0.15, 0.2) is 28.8 Å². The van der Waals surface area contributed by atoms with Gasteiger partial charge in [0.1, 0.15) is 0 Å². The summed E-state index contributed by atoms with van der Waals surface area (Å²) in [7, 11) is 0. The van der Waals surface area contributed by atoms with Gasteiger partial charge in [-0.25, -0.2) is 0 Å². The molecule has 0 amide bonds. The molecule has 0 bridgehead atoms. The normalized spacial score (nSPS) is 24.8. The number of hydrogen-bond donors (Lipinski definition) is 1. The van der Waals surface area contributed by atoms with E-state index in [1.165, 1.54) is 18.4 Å². The molecule has 22 heavy (non-hydrogen) atoms. The zero-order valence-electron chi connectivity index (χ0n) is 13.2. The van der Waals surface area contributed by atoms with Crippen molar-refractivity contribution < 1.29 is 4.52 Å². The van der Waals surface area contributed by atoms with E-state index in [1.807, 2.05) is 0 Å². The molecule has 0 saturated heterocycles. The van der Waals surface area contributed by atoms with Gasteiger partial charge in [0.2, 0.25) is 11.7 Å². The van der Waals surface area contributed by atoms with Crippen LogP contribution < -0.4 is 5.73 Å². The first-order valence-corrected chi connectivity index (χ1v) is 7.82. The van der Waals surface area contributed by atoms with Crippen LogP contribution in [-0.4, -0.2) is 15.7 Å². The van der Waals surface area contributed by atoms with Crippen molar-refractivity contribution in [2.24, 2.45) is 5.73 Å². The molecule has 1 fully saturated rings. The van der Waals surface area contributed by atoms with Crippen molar-refractivity contribution in [1.82, 2.24) is 10.1 Å². The molecule has 0 spiro atoms. The largest absolute Gasteiger partial charge is 0.339 e. The highest BCUT2D eigenvalue weighted by molar-refractivity contribution is 5.85. The zero-order valence-corrected chi connectivity index (χ0v) is 14.0. The molecule has 0 aliphatic heterocycles. The van der Waals surface area contributed by atoms with Crippen LogP contribution in [0.3, 0.4) is 0 Å². The summed E-state index contributed by atoms with van der Waals surface area (Å²) >= 11 is 0. The van der Waals surface area contributed by atoms with Gasteiger partial charge in [-0.2, -0.15) is 4.98 Å². The molecule has 2 unspecified atom stereocenters. The van der Waals surface area contributed by atoms with Crippen LogP contribution in [-0.2, 0) is 6.42 Å². The third-order valence-corrected chi connectivity index (χ3v) is 4.61. The predicted molar refractivity (Wildman–Crippen MR) is 90.2 cm³/mol. The van der Waals surface area contributed by atoms with E-state index in [-0.39, 0.29) is 23.9 Å². The van der Waals surface area contributed by atoms with Crippen LogP contribution in [0.25, 0.3) is 11.4 Å². The Morgan fingerprint density at radius 3 is 2.64 bits per heavy atom. The topological polar surface area (TPSA) is 64.9 Å². The fraction of sp³-hybridized carbons (Fsp3) is 0.529. The van der Waals surface area contributed by atoms with Crippen LogP contribution in [0.1, 0.15) is 56.9 Å². The maximum absolute atomic E-state index is 6.41. The maximum atomic E-state index is 6.41. The monoisotopic (exact) mass is 321 g/mol. The quantitative estimate of drug-likeness (QED) is 0.924. The van der Waals surface area contributed by atoms with Gasteiger partial charge in [0.15, 0.2) is 0 Å². The Labute approximate surface area is 137 Å². The second kappa shape index (κ2) is 6.80. The number of halogens is 1. The first-order chi connectivity index (χ1) is 10.1. The number of rotatable bonds is 3. The van der Waals surface area contributed by atoms with Gasteiger partial charge in [0.25, 0.3) is 0 Å². The molecule has 2 aromatic rings. The summed E-state index contributed by atoms with van der Waals surface area (Å²) in [5.41, 5.74) is 8.48. The summed E-state index contributed by atoms with van der Waals surface area (Å²) in [6.07, 6.45) is 5.44. The minimum absolute atomic E-state index is 0. The van der Waals surface area contributed by atoms with Gasteiger partial charge in [0, 0.05) is 11.1 Å². The number of aromatic nitrogens is 2. The van der Waals surface area contributed by atoms with Crippen molar-refractivity contribution in [2.45, 2.75) is 57.4 Å². The molecule has 1 aromatic heterocycles. The van der Waals surface area contributed by atoms with Gasteiger partial charge in [-0.15, -0.1) is 12.4 Å². The molecule has 4 nitrogen and oxygen atoms in total. The Morgan fingerprint density at radius 2 is 2.00 bits per heavy atom. The second-order valence-corrected chi connectivity index (χ2v) is 6.31. The maximum Gasteiger partial charge on any atom is 0.231 e. The Balaban J connectivity index is 0.00000176. The van der Waals surface area contributed by atoms with Gasteiger partial charge >= 0.3 is 0 Å². The first-order valence-electron chi connectivity index (χ1n) is 7.82. The molecule has 3 rings (SSSR count). The van der Waals surface area contributed by atoms with Crippen LogP contribution in [0.2, 0.25) is 0 Å². The molecule has 1 aromatic carbocycles. The third kappa shape index (κ3) is 3.33. The molecule has 1 heterocycles. The molecule has 1 saturated carbocycles. The van der Waals surface area contributed by atoms with Gasteiger partial charge in [-0.1, -0.05) is 49.2 Å². The standard InChI is InChI=1S/C17H23N3O.ClH/c1-3-12-7-9-13(10-8-12)15-19-16(21-20-15)14-6-4-5-11-17(14,2)18;/h7-10,14H,3-6,11,18H2,1-2H3;1H. The Bertz CT molecular complexity index is 607. The van der Waals surface area contributed by atoms with Crippen molar-refractivity contribution >= 4 is 12.4 Å². The van der Waals surface area contributed by atoms with Crippen molar-refractivity contribution in [3.05, 3.63) is 35.7 Å². The van der Waals surface area contributed by atoms with Crippen molar-refractivity contribution in [2.75, 3.05) is 0 Å². The summed E-state index contributed by atoms with van der Waals surface area (Å²) in [4.78, 5) is 4.60. The number of hydrogen-bond acceptors (Lipinski definition) is 4. The van der Waals surface area contributed by atoms with E-state index in [0.717, 1.165) is 24.8 Å². The average molecular weight is 322 g/mol. The van der Waals surface area contributed by atoms with E-state index < -0.39 is 0 Å². The number of nitrogens with zero attached hydrogens (tertiary/aromatic N) is 2. The van der Waals surface area contributed by atoms with Crippen LogP contribution >= 0.6 is 12.4 Å². The Kier molecular flexibility index (Phi) is 5.24. The smallest absolute Gasteiger partial charge is 0.231 e. The average Bonchev–Trinajstić information content (AvgIpc) is 2.96. The number of benzene rings is 1. The van der Waals surface area contributed by atoms with Crippen LogP contribution in [0, 0.1) is 0 Å². The van der Waals surface area contributed by atoms with E-state index in [4.69, 9.17) is 10.3 Å². The lowest BCUT2D eigenvalue weighted by Gasteiger charge is -2.35. The lowest BCUT2D eigenvalue weighted by Crippen LogP contribution is -2.44. The minimum atomic E-state index is -0.242. The molecule has 0 radical (unpaired) electrons. The first kappa shape index (κ1) is 17.0. The lowest BCUT2D eigenvalue weighted by molar-refractivity contribution is 0.223. The molecule has 5 heteroatoms. The summed E-state index contributed by atoms with van der Waals surface area (Å²) in [5.74, 6) is 1.52. The van der Waals surface area contributed by atoms with E-state index in [2.05, 4.69) is 48.3 Å². The Hall–Kier alpha value is -1.39. The van der Waals surface area contributed by atoms with Crippen molar-refractivity contribution in [1.29, 1.82) is 0 Å². The molecular formula is C17H24ClN3O. The van der Waals surface area contributed by atoms with E-state index in [0.29, 0.717) is 11.7 Å². The summed E-state index contributed by atoms with van der Waals surface area (Å²) < 4.78 is 5.51. The van der Waals surface area contributed by atoms with E-state index in [9.17, 15) is 0 Å². The van der Waals surface area contributed by atoms with Gasteiger partial charge in [-0.05, 0) is 31.7 Å². The lowest BCUT2D eigenvalue weighted by atomic mass is 9.74. The predicted octanol–water partition coefficient (Wildman–Crippen LogP) is 4.10. The zero-order chi connectivity index (χ0) is 14.9. The van der Waals surface area contributed by atoms with E-state index >= 15 is 0 Å². The van der Waals surface area contributed by atoms with Crippen molar-refractivity contribution in [3.63, 3.8) is 0 Å². The van der Waals surface area contributed by atoms with E-state index in [1.54, 1.807) is 0 Å². The molecule has 1 aliphatic rings. The third-order valence-electron chi connectivity index (χ3n) is 4.61. The molecule has 1 aliphatic carbocycles. The van der Waals surface area contributed by atoms with Gasteiger partial charge in [-0.3, -0.25) is 0 Å². The fourth-order valence-electron chi connectivity index (χ4n) is 3.15. The fourth-order valence-corrected chi connectivity index (χ4v) is 3.15. The molecular weight excluding hydrogens is 298 g/mol. The highest BCUT2D eigenvalue weighted by Crippen LogP contribution is 2.38. The Morgan fingerprint density at radius 1 is 1.27 bits per heavy atom. The number of aryl methyl sites for hydroxylation is 1. The van der Waals surface area contributed by atoms with Gasteiger partial charge < -0.3 is 10.3 Å². The second-order valence-electron chi connectivity index (χ2n) is 6.31. The minimum Gasteiger partial charge on any atom is -0.339 e. The highest BCUT2D eigenvalue weighted by atomic mass is 35.5. The molecule has 120 valence electrons. The summed E-state index contributed by atoms with van der Waals surface area (Å²) in [6.45, 7) is 4.24. The van der Waals surface area contributed by atoms with Crippen molar-refractivity contribution in [3.8, 4) is 11.4 Å². The summed E-state index contributed by atoms with van der Waals surface area (Å²) in [6, 6.07) is 8.32. The van der Waals surface area contributed by atoms with Gasteiger partial charge in [0.05, 0.1) is 5.92 Å². The highest BCUT2D eigenvalue weighted by Gasteiger charge is 2.37. The van der Waals surface area contributed by atoms with Crippen LogP contribution in [0.5, 0.6) is 0 Å². The molecule has 2 atom stereocenters. The summed E-state index contributed by atoms with van der Waals surface area (Å²) in [5, 5.41) is 4.14.